The molecule has 0 aliphatic heterocycles. The Hall–Kier alpha value is -0.260. The smallest absolute Gasteiger partial charge is 0.00129 e. The first-order chi connectivity index (χ1) is 5.09. The van der Waals surface area contributed by atoms with E-state index in [0.29, 0.717) is 0 Å². The van der Waals surface area contributed by atoms with Gasteiger partial charge in [-0.15, -0.1) is 0 Å². The van der Waals surface area contributed by atoms with Crippen molar-refractivity contribution in [1.29, 1.82) is 0 Å². The third-order valence-electron chi connectivity index (χ3n) is 3.15. The minimum absolute atomic E-state index is 0.816. The fourth-order valence-corrected chi connectivity index (χ4v) is 1.98. The van der Waals surface area contributed by atoms with Crippen LogP contribution in [-0.2, 0) is 0 Å². The van der Waals surface area contributed by atoms with Gasteiger partial charge in [0.25, 0.3) is 0 Å². The van der Waals surface area contributed by atoms with Crippen LogP contribution in [0.2, 0.25) is 0 Å². The Morgan fingerprint density at radius 3 is 2.09 bits per heavy atom. The molecule has 0 N–H and O–H groups in total. The highest BCUT2D eigenvalue weighted by atomic mass is 14.4. The van der Waals surface area contributed by atoms with Crippen molar-refractivity contribution in [3.63, 3.8) is 0 Å². The van der Waals surface area contributed by atoms with Crippen LogP contribution in [0.3, 0.4) is 0 Å². The molecule has 0 saturated carbocycles. The van der Waals surface area contributed by atoms with Gasteiger partial charge in [0.05, 0.1) is 0 Å². The fraction of sp³-hybridized carbons (Fsp3) is 0.818. The summed E-state index contributed by atoms with van der Waals surface area (Å²) < 4.78 is 0. The van der Waals surface area contributed by atoms with Gasteiger partial charge in [-0.2, -0.15) is 0 Å². The van der Waals surface area contributed by atoms with E-state index in [4.69, 9.17) is 0 Å². The van der Waals surface area contributed by atoms with E-state index in [1.807, 2.05) is 0 Å². The fourth-order valence-electron chi connectivity index (χ4n) is 1.98. The summed E-state index contributed by atoms with van der Waals surface area (Å²) in [6.45, 7) is 11.6. The molecule has 1 aliphatic rings. The van der Waals surface area contributed by atoms with Gasteiger partial charge in [0, 0.05) is 0 Å². The molecule has 0 aromatic heterocycles. The van der Waals surface area contributed by atoms with Gasteiger partial charge in [-0.1, -0.05) is 45.8 Å². The van der Waals surface area contributed by atoms with Crippen molar-refractivity contribution in [2.75, 3.05) is 0 Å². The lowest BCUT2D eigenvalue weighted by molar-refractivity contribution is 0.480. The largest absolute Gasteiger partial charge is 0.0635 e. The summed E-state index contributed by atoms with van der Waals surface area (Å²) in [5.41, 5.74) is 3.48. The van der Waals surface area contributed by atoms with E-state index < -0.39 is 0 Å². The van der Waals surface area contributed by atoms with E-state index in [1.54, 1.807) is 11.1 Å². The lowest BCUT2D eigenvalue weighted by Gasteiger charge is -2.11. The van der Waals surface area contributed by atoms with E-state index in [1.165, 1.54) is 6.42 Å². The Bertz CT molecular complexity index is 174. The van der Waals surface area contributed by atoms with Crippen molar-refractivity contribution in [2.45, 2.75) is 41.0 Å². The van der Waals surface area contributed by atoms with Gasteiger partial charge in [0.2, 0.25) is 0 Å². The van der Waals surface area contributed by atoms with Crippen LogP contribution < -0.4 is 0 Å². The third-order valence-corrected chi connectivity index (χ3v) is 3.15. The molecule has 0 saturated heterocycles. The predicted octanol–water partition coefficient (Wildman–Crippen LogP) is 3.63. The molecule has 0 radical (unpaired) electrons. The van der Waals surface area contributed by atoms with Gasteiger partial charge in [-0.25, -0.2) is 0 Å². The quantitative estimate of drug-likeness (QED) is 0.542. The van der Waals surface area contributed by atoms with Crippen LogP contribution in [0.15, 0.2) is 11.1 Å². The molecule has 11 heavy (non-hydrogen) atoms. The van der Waals surface area contributed by atoms with E-state index in [0.717, 1.165) is 17.8 Å². The van der Waals surface area contributed by atoms with Crippen LogP contribution in [-0.4, -0.2) is 0 Å². The zero-order valence-electron chi connectivity index (χ0n) is 8.44. The first-order valence-electron chi connectivity index (χ1n) is 4.82. The minimum atomic E-state index is 0.816. The maximum Gasteiger partial charge on any atom is -0.00129 e. The van der Waals surface area contributed by atoms with Crippen molar-refractivity contribution in [3.8, 4) is 0 Å². The first-order valence-corrected chi connectivity index (χ1v) is 4.82. The number of hydrogen-bond donors (Lipinski definition) is 0. The Balaban J connectivity index is 2.56. The first kappa shape index (κ1) is 8.83. The second-order valence-corrected chi connectivity index (χ2v) is 4.09. The maximum atomic E-state index is 2.36. The normalized spacial score (nSPS) is 26.2. The van der Waals surface area contributed by atoms with Crippen LogP contribution in [0.4, 0.5) is 0 Å². The second kappa shape index (κ2) is 3.00. The van der Waals surface area contributed by atoms with E-state index in [9.17, 15) is 0 Å². The van der Waals surface area contributed by atoms with Crippen molar-refractivity contribution in [1.82, 2.24) is 0 Å². The predicted molar refractivity (Wildman–Crippen MR) is 50.5 cm³/mol. The lowest BCUT2D eigenvalue weighted by atomic mass is 9.94. The van der Waals surface area contributed by atoms with E-state index in [2.05, 4.69) is 34.6 Å². The van der Waals surface area contributed by atoms with Gasteiger partial charge in [-0.05, 0) is 24.2 Å². The average molecular weight is 152 g/mol. The summed E-state index contributed by atoms with van der Waals surface area (Å²) in [5.74, 6) is 2.48. The molecule has 0 heterocycles. The molecule has 0 nitrogen and oxygen atoms in total. The van der Waals surface area contributed by atoms with Crippen molar-refractivity contribution < 1.29 is 0 Å². The summed E-state index contributed by atoms with van der Waals surface area (Å²) >= 11 is 0. The van der Waals surface area contributed by atoms with E-state index in [-0.39, 0.29) is 0 Å². The zero-order chi connectivity index (χ0) is 8.59. The van der Waals surface area contributed by atoms with Gasteiger partial charge in [0.1, 0.15) is 0 Å². The molecule has 0 aromatic rings. The molecule has 1 aliphatic carbocycles. The monoisotopic (exact) mass is 152 g/mol. The highest BCUT2D eigenvalue weighted by molar-refractivity contribution is 5.41. The molecule has 0 fully saturated rings. The van der Waals surface area contributed by atoms with Crippen molar-refractivity contribution in [2.24, 2.45) is 17.8 Å². The molecule has 2 atom stereocenters. The standard InChI is InChI=1S/C11H20/c1-6-10-9(5)11(10)8(4)7(2)3/h7-9H,6H2,1-5H3. The maximum absolute atomic E-state index is 2.36. The van der Waals surface area contributed by atoms with Gasteiger partial charge in [-0.3, -0.25) is 0 Å². The molecule has 0 heteroatoms. The Morgan fingerprint density at radius 1 is 1.27 bits per heavy atom. The van der Waals surface area contributed by atoms with Crippen molar-refractivity contribution in [3.05, 3.63) is 11.1 Å². The summed E-state index contributed by atoms with van der Waals surface area (Å²) in [4.78, 5) is 0. The van der Waals surface area contributed by atoms with Crippen LogP contribution >= 0.6 is 0 Å². The summed E-state index contributed by atoms with van der Waals surface area (Å²) in [6, 6.07) is 0. The van der Waals surface area contributed by atoms with Crippen LogP contribution in [0.5, 0.6) is 0 Å². The molecular formula is C11H20. The number of rotatable bonds is 3. The highest BCUT2D eigenvalue weighted by Gasteiger charge is 2.34. The van der Waals surface area contributed by atoms with Gasteiger partial charge < -0.3 is 0 Å². The Labute approximate surface area is 70.7 Å². The molecule has 64 valence electrons. The molecule has 1 rings (SSSR count). The van der Waals surface area contributed by atoms with Crippen LogP contribution in [0.25, 0.3) is 0 Å². The van der Waals surface area contributed by atoms with Crippen molar-refractivity contribution >= 4 is 0 Å². The lowest BCUT2D eigenvalue weighted by Crippen LogP contribution is -2.02. The zero-order valence-corrected chi connectivity index (χ0v) is 8.44. The minimum Gasteiger partial charge on any atom is -0.0635 e. The SMILES string of the molecule is CCC1=C(C(C)C(C)C)C1C. The molecule has 2 unspecified atom stereocenters. The third kappa shape index (κ3) is 1.50. The highest BCUT2D eigenvalue weighted by Crippen LogP contribution is 2.47. The molecule has 0 amide bonds. The van der Waals surface area contributed by atoms with E-state index >= 15 is 0 Å². The van der Waals surface area contributed by atoms with Gasteiger partial charge in [0.15, 0.2) is 0 Å². The molecular weight excluding hydrogens is 132 g/mol. The summed E-state index contributed by atoms with van der Waals surface area (Å²) in [5, 5.41) is 0. The average Bonchev–Trinajstić information content (AvgIpc) is 2.59. The second-order valence-electron chi connectivity index (χ2n) is 4.09. The Kier molecular flexibility index (Phi) is 2.41. The topological polar surface area (TPSA) is 0 Å². The number of allylic oxidation sites excluding steroid dienone is 2. The van der Waals surface area contributed by atoms with Gasteiger partial charge >= 0.3 is 0 Å². The molecule has 0 aromatic carbocycles. The van der Waals surface area contributed by atoms with Crippen LogP contribution in [0.1, 0.15) is 41.0 Å². The number of hydrogen-bond acceptors (Lipinski definition) is 0. The Morgan fingerprint density at radius 2 is 1.82 bits per heavy atom. The summed E-state index contributed by atoms with van der Waals surface area (Å²) in [6.07, 6.45) is 1.27. The molecule has 0 spiro atoms. The summed E-state index contributed by atoms with van der Waals surface area (Å²) in [7, 11) is 0. The van der Waals surface area contributed by atoms with Crippen LogP contribution in [0, 0.1) is 17.8 Å². The molecule has 0 bridgehead atoms.